The maximum absolute atomic E-state index is 5.92. The van der Waals surface area contributed by atoms with Crippen LogP contribution < -0.4 is 0 Å². The standard InChI is InChI=1S/C9H8Cl2N4/c1-5-7(10)13-9(14-8(5)11)6-3-12-4-15(6)2/h3-4H,1-2H3. The van der Waals surface area contributed by atoms with Gasteiger partial charge in [-0.1, -0.05) is 23.2 Å². The molecule has 0 radical (unpaired) electrons. The molecule has 0 aliphatic heterocycles. The van der Waals surface area contributed by atoms with E-state index in [0.717, 1.165) is 5.69 Å². The number of aryl methyl sites for hydroxylation is 1. The Labute approximate surface area is 96.9 Å². The Balaban J connectivity index is 2.60. The fourth-order valence-electron chi connectivity index (χ4n) is 1.15. The van der Waals surface area contributed by atoms with Gasteiger partial charge in [0.1, 0.15) is 16.0 Å². The predicted octanol–water partition coefficient (Wildman–Crippen LogP) is 2.49. The highest BCUT2D eigenvalue weighted by Gasteiger charge is 2.11. The van der Waals surface area contributed by atoms with Gasteiger partial charge in [0.2, 0.25) is 0 Å². The van der Waals surface area contributed by atoms with Gasteiger partial charge in [0.15, 0.2) is 5.82 Å². The van der Waals surface area contributed by atoms with Gasteiger partial charge in [0.05, 0.1) is 12.5 Å². The Hall–Kier alpha value is -1.13. The van der Waals surface area contributed by atoms with E-state index in [0.29, 0.717) is 21.7 Å². The van der Waals surface area contributed by atoms with Crippen molar-refractivity contribution in [3.05, 3.63) is 28.4 Å². The maximum Gasteiger partial charge on any atom is 0.180 e. The second kappa shape index (κ2) is 3.79. The number of halogens is 2. The second-order valence-corrected chi connectivity index (χ2v) is 3.86. The van der Waals surface area contributed by atoms with Crippen LogP contribution >= 0.6 is 23.2 Å². The molecule has 15 heavy (non-hydrogen) atoms. The number of imidazole rings is 1. The quantitative estimate of drug-likeness (QED) is 0.722. The zero-order valence-corrected chi connectivity index (χ0v) is 9.71. The number of rotatable bonds is 1. The Morgan fingerprint density at radius 2 is 1.80 bits per heavy atom. The van der Waals surface area contributed by atoms with E-state index in [1.807, 2.05) is 7.05 Å². The molecule has 4 nitrogen and oxygen atoms in total. The van der Waals surface area contributed by atoms with E-state index in [1.54, 1.807) is 24.0 Å². The maximum atomic E-state index is 5.92. The van der Waals surface area contributed by atoms with E-state index in [9.17, 15) is 0 Å². The van der Waals surface area contributed by atoms with E-state index >= 15 is 0 Å². The van der Waals surface area contributed by atoms with Crippen molar-refractivity contribution < 1.29 is 0 Å². The van der Waals surface area contributed by atoms with Crippen LogP contribution in [-0.4, -0.2) is 19.5 Å². The topological polar surface area (TPSA) is 43.6 Å². The van der Waals surface area contributed by atoms with Crippen molar-refractivity contribution in [3.8, 4) is 11.5 Å². The van der Waals surface area contributed by atoms with Crippen LogP contribution in [0.1, 0.15) is 5.56 Å². The Bertz CT molecular complexity index is 484. The van der Waals surface area contributed by atoms with Gasteiger partial charge >= 0.3 is 0 Å². The summed E-state index contributed by atoms with van der Waals surface area (Å²) < 4.78 is 1.80. The lowest BCUT2D eigenvalue weighted by Gasteiger charge is -2.04. The Morgan fingerprint density at radius 3 is 2.27 bits per heavy atom. The van der Waals surface area contributed by atoms with Crippen LogP contribution in [0, 0.1) is 6.92 Å². The van der Waals surface area contributed by atoms with Gasteiger partial charge in [-0.05, 0) is 6.92 Å². The van der Waals surface area contributed by atoms with Crippen molar-refractivity contribution in [3.63, 3.8) is 0 Å². The van der Waals surface area contributed by atoms with E-state index in [2.05, 4.69) is 15.0 Å². The van der Waals surface area contributed by atoms with Gasteiger partial charge in [-0.2, -0.15) is 0 Å². The summed E-state index contributed by atoms with van der Waals surface area (Å²) in [4.78, 5) is 12.3. The van der Waals surface area contributed by atoms with Crippen LogP contribution in [0.5, 0.6) is 0 Å². The summed E-state index contributed by atoms with van der Waals surface area (Å²) >= 11 is 11.8. The zero-order chi connectivity index (χ0) is 11.0. The highest BCUT2D eigenvalue weighted by atomic mass is 35.5. The highest BCUT2D eigenvalue weighted by molar-refractivity contribution is 6.34. The number of hydrogen-bond donors (Lipinski definition) is 0. The summed E-state index contributed by atoms with van der Waals surface area (Å²) in [6.45, 7) is 1.78. The minimum absolute atomic E-state index is 0.367. The average molecular weight is 243 g/mol. The van der Waals surface area contributed by atoms with E-state index < -0.39 is 0 Å². The second-order valence-electron chi connectivity index (χ2n) is 3.14. The van der Waals surface area contributed by atoms with Crippen LogP contribution in [0.15, 0.2) is 12.5 Å². The molecule has 2 aromatic rings. The molecule has 78 valence electrons. The first-order chi connectivity index (χ1) is 7.09. The van der Waals surface area contributed by atoms with Crippen molar-refractivity contribution in [1.29, 1.82) is 0 Å². The summed E-state index contributed by atoms with van der Waals surface area (Å²) in [5.41, 5.74) is 1.46. The lowest BCUT2D eigenvalue weighted by molar-refractivity contribution is 0.907. The third kappa shape index (κ3) is 1.82. The van der Waals surface area contributed by atoms with Crippen molar-refractivity contribution in [2.45, 2.75) is 6.92 Å². The number of aromatic nitrogens is 4. The van der Waals surface area contributed by atoms with E-state index in [4.69, 9.17) is 23.2 Å². The molecule has 0 aliphatic rings. The summed E-state index contributed by atoms with van der Waals surface area (Å²) in [6.07, 6.45) is 3.33. The Morgan fingerprint density at radius 1 is 1.20 bits per heavy atom. The third-order valence-corrected chi connectivity index (χ3v) is 2.81. The van der Waals surface area contributed by atoms with Crippen LogP contribution in [0.4, 0.5) is 0 Å². The summed E-state index contributed by atoms with van der Waals surface area (Å²) in [6, 6.07) is 0. The molecule has 0 atom stereocenters. The molecule has 6 heteroatoms. The monoisotopic (exact) mass is 242 g/mol. The van der Waals surface area contributed by atoms with Crippen LogP contribution in [0.3, 0.4) is 0 Å². The average Bonchev–Trinajstić information content (AvgIpc) is 2.60. The fraction of sp³-hybridized carbons (Fsp3) is 0.222. The van der Waals surface area contributed by atoms with E-state index in [1.165, 1.54) is 0 Å². The molecule has 0 N–H and O–H groups in total. The minimum Gasteiger partial charge on any atom is -0.331 e. The molecule has 0 bridgehead atoms. The largest absolute Gasteiger partial charge is 0.331 e. The van der Waals surface area contributed by atoms with Gasteiger partial charge in [-0.25, -0.2) is 15.0 Å². The molecule has 0 aliphatic carbocycles. The van der Waals surface area contributed by atoms with Crippen molar-refractivity contribution >= 4 is 23.2 Å². The highest BCUT2D eigenvalue weighted by Crippen LogP contribution is 2.23. The molecule has 2 aromatic heterocycles. The smallest absolute Gasteiger partial charge is 0.180 e. The first kappa shape index (κ1) is 10.4. The third-order valence-electron chi connectivity index (χ3n) is 2.07. The van der Waals surface area contributed by atoms with Crippen LogP contribution in [-0.2, 0) is 7.05 Å². The Kier molecular flexibility index (Phi) is 2.63. The molecule has 0 unspecified atom stereocenters. The van der Waals surface area contributed by atoms with Gasteiger partial charge in [-0.15, -0.1) is 0 Å². The molecule has 0 fully saturated rings. The number of hydrogen-bond acceptors (Lipinski definition) is 3. The summed E-state index contributed by atoms with van der Waals surface area (Å²) in [5, 5.41) is 0.734. The van der Waals surface area contributed by atoms with Crippen molar-refractivity contribution in [1.82, 2.24) is 19.5 Å². The SMILES string of the molecule is Cc1c(Cl)nc(-c2cncn2C)nc1Cl. The van der Waals surface area contributed by atoms with E-state index in [-0.39, 0.29) is 0 Å². The molecule has 0 saturated carbocycles. The van der Waals surface area contributed by atoms with Gasteiger partial charge < -0.3 is 4.57 Å². The lowest BCUT2D eigenvalue weighted by atomic mass is 10.3. The minimum atomic E-state index is 0.367. The lowest BCUT2D eigenvalue weighted by Crippen LogP contribution is -1.97. The molecule has 2 rings (SSSR count). The molecular weight excluding hydrogens is 235 g/mol. The predicted molar refractivity (Wildman–Crippen MR) is 59.0 cm³/mol. The molecular formula is C9H8Cl2N4. The fourth-order valence-corrected chi connectivity index (χ4v) is 1.54. The van der Waals surface area contributed by atoms with Crippen molar-refractivity contribution in [2.75, 3.05) is 0 Å². The van der Waals surface area contributed by atoms with Crippen molar-refractivity contribution in [2.24, 2.45) is 7.05 Å². The first-order valence-electron chi connectivity index (χ1n) is 4.26. The molecule has 0 spiro atoms. The number of nitrogens with zero attached hydrogens (tertiary/aromatic N) is 4. The van der Waals surface area contributed by atoms with Crippen LogP contribution in [0.25, 0.3) is 11.5 Å². The zero-order valence-electron chi connectivity index (χ0n) is 8.20. The normalized spacial score (nSPS) is 10.7. The van der Waals surface area contributed by atoms with Gasteiger partial charge in [-0.3, -0.25) is 0 Å². The summed E-state index contributed by atoms with van der Waals surface area (Å²) in [5.74, 6) is 0.482. The first-order valence-corrected chi connectivity index (χ1v) is 5.01. The molecule has 0 saturated heterocycles. The van der Waals surface area contributed by atoms with Crippen LogP contribution in [0.2, 0.25) is 10.3 Å². The molecule has 0 aromatic carbocycles. The molecule has 2 heterocycles. The summed E-state index contributed by atoms with van der Waals surface area (Å²) in [7, 11) is 1.85. The van der Waals surface area contributed by atoms with Gasteiger partial charge in [0, 0.05) is 12.6 Å². The van der Waals surface area contributed by atoms with Gasteiger partial charge in [0.25, 0.3) is 0 Å². The molecule has 0 amide bonds.